The van der Waals surface area contributed by atoms with E-state index in [2.05, 4.69) is 16.9 Å². The van der Waals surface area contributed by atoms with E-state index in [1.165, 1.54) is 10.4 Å². The normalized spacial score (nSPS) is 19.5. The minimum atomic E-state index is -0.218. The standard InChI is InChI=1S/C12H14N2O2S/c1-6-2-3-7-8(4-6)17-12-10(7)11(16)13-9(5-15)14-12/h6,15H,2-5H2,1H3,(H,13,14,16). The Morgan fingerprint density at radius 3 is 3.18 bits per heavy atom. The molecule has 1 aliphatic rings. The molecule has 2 N–H and O–H groups in total. The molecule has 1 atom stereocenters. The van der Waals surface area contributed by atoms with Crippen LogP contribution in [-0.2, 0) is 19.4 Å². The van der Waals surface area contributed by atoms with Gasteiger partial charge in [-0.25, -0.2) is 4.98 Å². The molecule has 1 unspecified atom stereocenters. The van der Waals surface area contributed by atoms with Crippen molar-refractivity contribution in [1.82, 2.24) is 9.97 Å². The van der Waals surface area contributed by atoms with Gasteiger partial charge in [-0.15, -0.1) is 11.3 Å². The molecule has 17 heavy (non-hydrogen) atoms. The highest BCUT2D eigenvalue weighted by Gasteiger charge is 2.22. The number of nitrogens with zero attached hydrogens (tertiary/aromatic N) is 1. The summed E-state index contributed by atoms with van der Waals surface area (Å²) in [6, 6.07) is 0. The molecule has 5 heteroatoms. The minimum Gasteiger partial charge on any atom is -0.388 e. The lowest BCUT2D eigenvalue weighted by atomic mass is 9.89. The second-order valence-corrected chi connectivity index (χ2v) is 5.79. The fraction of sp³-hybridized carbons (Fsp3) is 0.500. The molecule has 3 rings (SSSR count). The number of aromatic nitrogens is 2. The van der Waals surface area contributed by atoms with E-state index in [0.717, 1.165) is 29.5 Å². The third-order valence-corrected chi connectivity index (χ3v) is 4.51. The summed E-state index contributed by atoms with van der Waals surface area (Å²) in [5.41, 5.74) is 1.08. The van der Waals surface area contributed by atoms with Gasteiger partial charge in [0.1, 0.15) is 17.3 Å². The van der Waals surface area contributed by atoms with Gasteiger partial charge in [0, 0.05) is 4.88 Å². The molecule has 0 bridgehead atoms. The number of nitrogens with one attached hydrogen (secondary N) is 1. The van der Waals surface area contributed by atoms with Gasteiger partial charge in [-0.2, -0.15) is 0 Å². The number of aryl methyl sites for hydroxylation is 1. The molecule has 4 nitrogen and oxygen atoms in total. The van der Waals surface area contributed by atoms with Crippen LogP contribution in [0.25, 0.3) is 10.2 Å². The summed E-state index contributed by atoms with van der Waals surface area (Å²) in [6.07, 6.45) is 3.16. The van der Waals surface area contributed by atoms with Crippen molar-refractivity contribution in [3.63, 3.8) is 0 Å². The minimum absolute atomic E-state index is 0.105. The number of thiophene rings is 1. The number of hydrogen-bond donors (Lipinski definition) is 2. The van der Waals surface area contributed by atoms with E-state index in [-0.39, 0.29) is 12.2 Å². The highest BCUT2D eigenvalue weighted by Crippen LogP contribution is 2.35. The van der Waals surface area contributed by atoms with Crippen LogP contribution in [0.1, 0.15) is 29.6 Å². The first-order valence-corrected chi connectivity index (χ1v) is 6.65. The summed E-state index contributed by atoms with van der Waals surface area (Å²) in [5.74, 6) is 1.04. The summed E-state index contributed by atoms with van der Waals surface area (Å²) in [4.78, 5) is 21.0. The Bertz CT molecular complexity index is 629. The molecular formula is C12H14N2O2S. The van der Waals surface area contributed by atoms with E-state index in [1.807, 2.05) is 0 Å². The average Bonchev–Trinajstić information content (AvgIpc) is 2.66. The van der Waals surface area contributed by atoms with Crippen molar-refractivity contribution in [2.45, 2.75) is 32.8 Å². The van der Waals surface area contributed by atoms with Crippen LogP contribution < -0.4 is 5.56 Å². The topological polar surface area (TPSA) is 66.0 Å². The van der Waals surface area contributed by atoms with E-state index < -0.39 is 0 Å². The van der Waals surface area contributed by atoms with Gasteiger partial charge in [0.2, 0.25) is 0 Å². The lowest BCUT2D eigenvalue weighted by molar-refractivity contribution is 0.271. The molecule has 0 aliphatic heterocycles. The van der Waals surface area contributed by atoms with Crippen molar-refractivity contribution in [2.24, 2.45) is 5.92 Å². The average molecular weight is 250 g/mol. The molecule has 90 valence electrons. The SMILES string of the molecule is CC1CCc2c(sc3nc(CO)[nH]c(=O)c23)C1. The zero-order valence-electron chi connectivity index (χ0n) is 9.62. The zero-order valence-corrected chi connectivity index (χ0v) is 10.4. The molecular weight excluding hydrogens is 236 g/mol. The summed E-state index contributed by atoms with van der Waals surface area (Å²) in [7, 11) is 0. The van der Waals surface area contributed by atoms with Crippen molar-refractivity contribution in [2.75, 3.05) is 0 Å². The number of rotatable bonds is 1. The fourth-order valence-electron chi connectivity index (χ4n) is 2.47. The van der Waals surface area contributed by atoms with Crippen LogP contribution >= 0.6 is 11.3 Å². The van der Waals surface area contributed by atoms with Crippen LogP contribution in [0.4, 0.5) is 0 Å². The molecule has 0 radical (unpaired) electrons. The van der Waals surface area contributed by atoms with Crippen molar-refractivity contribution in [1.29, 1.82) is 0 Å². The number of aliphatic hydroxyl groups is 1. The van der Waals surface area contributed by atoms with Crippen molar-refractivity contribution < 1.29 is 5.11 Å². The highest BCUT2D eigenvalue weighted by atomic mass is 32.1. The molecule has 2 heterocycles. The molecule has 1 aliphatic carbocycles. The van der Waals surface area contributed by atoms with E-state index in [4.69, 9.17) is 5.11 Å². The fourth-order valence-corrected chi connectivity index (χ4v) is 3.87. The van der Waals surface area contributed by atoms with E-state index in [9.17, 15) is 4.79 Å². The van der Waals surface area contributed by atoms with Gasteiger partial charge in [0.15, 0.2) is 0 Å². The Labute approximate surface area is 102 Å². The first-order chi connectivity index (χ1) is 8.19. The third-order valence-electron chi connectivity index (χ3n) is 3.36. The maximum absolute atomic E-state index is 12.0. The van der Waals surface area contributed by atoms with Gasteiger partial charge in [-0.1, -0.05) is 6.92 Å². The van der Waals surface area contributed by atoms with E-state index in [0.29, 0.717) is 11.7 Å². The molecule has 0 saturated heterocycles. The lowest BCUT2D eigenvalue weighted by Gasteiger charge is -2.17. The number of fused-ring (bicyclic) bond motifs is 3. The summed E-state index contributed by atoms with van der Waals surface area (Å²) < 4.78 is 0. The maximum atomic E-state index is 12.0. The summed E-state index contributed by atoms with van der Waals surface area (Å²) >= 11 is 1.60. The van der Waals surface area contributed by atoms with E-state index in [1.54, 1.807) is 11.3 Å². The first kappa shape index (κ1) is 10.9. The Hall–Kier alpha value is -1.20. The van der Waals surface area contributed by atoms with Crippen molar-refractivity contribution >= 4 is 21.6 Å². The first-order valence-electron chi connectivity index (χ1n) is 5.83. The van der Waals surface area contributed by atoms with Gasteiger partial charge in [0.25, 0.3) is 5.56 Å². The van der Waals surface area contributed by atoms with Crippen LogP contribution in [-0.4, -0.2) is 15.1 Å². The zero-order chi connectivity index (χ0) is 12.0. The van der Waals surface area contributed by atoms with Crippen LogP contribution in [0, 0.1) is 5.92 Å². The van der Waals surface area contributed by atoms with Gasteiger partial charge < -0.3 is 10.1 Å². The quantitative estimate of drug-likeness (QED) is 0.808. The number of H-pyrrole nitrogens is 1. The monoisotopic (exact) mass is 250 g/mol. The Balaban J connectivity index is 2.28. The number of hydrogen-bond acceptors (Lipinski definition) is 4. The maximum Gasteiger partial charge on any atom is 0.260 e. The summed E-state index contributed by atoms with van der Waals surface area (Å²) in [5, 5.41) is 9.78. The lowest BCUT2D eigenvalue weighted by Crippen LogP contribution is -2.14. The number of aliphatic hydroxyl groups excluding tert-OH is 1. The third kappa shape index (κ3) is 1.70. The van der Waals surface area contributed by atoms with Crippen LogP contribution in [0.15, 0.2) is 4.79 Å². The van der Waals surface area contributed by atoms with Gasteiger partial charge >= 0.3 is 0 Å². The van der Waals surface area contributed by atoms with Crippen molar-refractivity contribution in [3.05, 3.63) is 26.6 Å². The smallest absolute Gasteiger partial charge is 0.260 e. The molecule has 0 saturated carbocycles. The molecule has 0 spiro atoms. The van der Waals surface area contributed by atoms with Gasteiger partial charge in [0.05, 0.1) is 5.39 Å². The second kappa shape index (κ2) is 3.92. The molecule has 2 aromatic heterocycles. The Morgan fingerprint density at radius 2 is 2.41 bits per heavy atom. The second-order valence-electron chi connectivity index (χ2n) is 4.70. The van der Waals surface area contributed by atoms with Crippen LogP contribution in [0.3, 0.4) is 0 Å². The summed E-state index contributed by atoms with van der Waals surface area (Å²) in [6.45, 7) is 2.02. The Kier molecular flexibility index (Phi) is 2.52. The molecule has 2 aromatic rings. The molecule has 0 fully saturated rings. The molecule has 0 aromatic carbocycles. The Morgan fingerprint density at radius 1 is 1.59 bits per heavy atom. The van der Waals surface area contributed by atoms with Gasteiger partial charge in [-0.05, 0) is 30.7 Å². The molecule has 0 amide bonds. The van der Waals surface area contributed by atoms with Crippen LogP contribution in [0.2, 0.25) is 0 Å². The van der Waals surface area contributed by atoms with E-state index >= 15 is 0 Å². The number of aromatic amines is 1. The van der Waals surface area contributed by atoms with Gasteiger partial charge in [-0.3, -0.25) is 4.79 Å². The van der Waals surface area contributed by atoms with Crippen molar-refractivity contribution in [3.8, 4) is 0 Å². The van der Waals surface area contributed by atoms with Crippen LogP contribution in [0.5, 0.6) is 0 Å². The largest absolute Gasteiger partial charge is 0.388 e. The predicted molar refractivity (Wildman–Crippen MR) is 67.4 cm³/mol. The predicted octanol–water partition coefficient (Wildman–Crippen LogP) is 1.60. The highest BCUT2D eigenvalue weighted by molar-refractivity contribution is 7.18.